The molecule has 0 fully saturated rings. The third kappa shape index (κ3) is 7.87. The number of aromatic nitrogens is 2. The Morgan fingerprint density at radius 3 is 0.988 bits per heavy atom. The molecule has 396 valence electrons. The lowest BCUT2D eigenvalue weighted by molar-refractivity contribution is -0.790. The maximum atomic E-state index is 10.9. The minimum absolute atomic E-state index is 0.0185. The van der Waals surface area contributed by atoms with Crippen molar-refractivity contribution in [2.45, 2.75) is 89.0 Å². The summed E-state index contributed by atoms with van der Waals surface area (Å²) in [6.45, 7) is 22.8. The highest BCUT2D eigenvalue weighted by Crippen LogP contribution is 2.52. The van der Waals surface area contributed by atoms with Crippen LogP contribution < -0.4 is 26.9 Å². The summed E-state index contributed by atoms with van der Waals surface area (Å²) in [5.41, 5.74) is 19.3. The summed E-state index contributed by atoms with van der Waals surface area (Å²) >= 11 is 0. The van der Waals surface area contributed by atoms with Crippen LogP contribution in [0.1, 0.15) is 93.1 Å². The average Bonchev–Trinajstić information content (AvgIpc) is 1.52. The van der Waals surface area contributed by atoms with E-state index >= 15 is 0 Å². The van der Waals surface area contributed by atoms with E-state index < -0.39 is 5.91 Å². The molecule has 0 saturated heterocycles. The first kappa shape index (κ1) is 51.1. The Morgan fingerprint density at radius 1 is 0.388 bits per heavy atom. The Bertz CT molecular complexity index is 4140. The smallest absolute Gasteiger partial charge is 0.326 e. The van der Waals surface area contributed by atoms with E-state index in [1.54, 1.807) is 0 Å². The van der Waals surface area contributed by atoms with Crippen LogP contribution in [0.3, 0.4) is 0 Å². The summed E-state index contributed by atoms with van der Waals surface area (Å²) in [6.07, 6.45) is 0. The molecule has 2 aromatic heterocycles. The molecule has 0 bridgehead atoms. The van der Waals surface area contributed by atoms with Gasteiger partial charge in [0, 0.05) is 59.4 Å². The summed E-state index contributed by atoms with van der Waals surface area (Å²) in [7, 11) is 0. The summed E-state index contributed by atoms with van der Waals surface area (Å²) in [5, 5.41) is 12.8. The van der Waals surface area contributed by atoms with Crippen LogP contribution in [-0.4, -0.2) is 59.3 Å². The minimum atomic E-state index is -0.923. The number of hydrogen-bond acceptors (Lipinski definition) is 7. The second-order valence-electron chi connectivity index (χ2n) is 21.5. The molecule has 9 aromatic rings. The molecule has 0 saturated carbocycles. The van der Waals surface area contributed by atoms with Crippen LogP contribution in [0, 0.1) is 62.3 Å². The molecule has 1 spiro atoms. The fourth-order valence-corrected chi connectivity index (χ4v) is 12.5. The van der Waals surface area contributed by atoms with Crippen molar-refractivity contribution in [3.63, 3.8) is 0 Å². The summed E-state index contributed by atoms with van der Waals surface area (Å²) in [5.74, 6) is 4.41. The second-order valence-corrected chi connectivity index (χ2v) is 21.5. The van der Waals surface area contributed by atoms with E-state index in [-0.39, 0.29) is 17.7 Å². The van der Waals surface area contributed by atoms with Gasteiger partial charge in [-0.1, -0.05) is 122 Å². The minimum Gasteiger partial charge on any atom is -0.326 e. The lowest BCUT2D eigenvalue weighted by atomic mass is 10.1. The number of nitrogens with one attached hydrogen (secondary N) is 3. The number of rotatable bonds is 3. The summed E-state index contributed by atoms with van der Waals surface area (Å²) in [6, 6.07) is 46.4. The zero-order chi connectivity index (χ0) is 56.2. The van der Waals surface area contributed by atoms with Gasteiger partial charge in [0.15, 0.2) is 0 Å². The maximum absolute atomic E-state index is 10.9. The van der Waals surface area contributed by atoms with Crippen molar-refractivity contribution in [2.24, 2.45) is 20.0 Å². The van der Waals surface area contributed by atoms with E-state index in [1.165, 1.54) is 37.5 Å². The van der Waals surface area contributed by atoms with E-state index in [0.29, 0.717) is 0 Å². The van der Waals surface area contributed by atoms with Crippen LogP contribution in [0.25, 0.3) is 21.5 Å². The number of amidine groups is 4. The van der Waals surface area contributed by atoms with Gasteiger partial charge in [-0.05, 0) is 144 Å². The fraction of sp³-hybridized carbons (Fsp3) is 0.197. The number of carbonyl (C=O) groups is 3. The van der Waals surface area contributed by atoms with E-state index in [0.717, 1.165) is 140 Å². The third-order valence-corrected chi connectivity index (χ3v) is 15.3. The molecular formula is C66H61N11O3+2. The highest BCUT2D eigenvalue weighted by atomic mass is 16.2. The number of amides is 3. The van der Waals surface area contributed by atoms with Crippen LogP contribution in [0.15, 0.2) is 153 Å². The number of anilines is 3. The highest BCUT2D eigenvalue weighted by Gasteiger charge is 2.69. The second kappa shape index (κ2) is 19.0. The number of nitrogens with zero attached hydrogens (tertiary/aromatic N) is 8. The van der Waals surface area contributed by atoms with E-state index in [4.69, 9.17) is 20.0 Å². The van der Waals surface area contributed by atoms with Crippen molar-refractivity contribution < 1.29 is 23.5 Å². The fourth-order valence-electron chi connectivity index (χ4n) is 12.5. The quantitative estimate of drug-likeness (QED) is 0.151. The van der Waals surface area contributed by atoms with Crippen LogP contribution in [-0.2, 0) is 20.3 Å². The first-order chi connectivity index (χ1) is 38.4. The Labute approximate surface area is 463 Å². The predicted molar refractivity (Wildman–Crippen MR) is 318 cm³/mol. The molecule has 15 rings (SSSR count). The van der Waals surface area contributed by atoms with Gasteiger partial charge in [0.2, 0.25) is 40.3 Å². The molecule has 14 nitrogen and oxygen atoms in total. The standard InChI is InChI=1S/C33H16N8.3C11H15NO/c1-2-10-18-17(9-1)25-34-27-19-11-3-4-12-20(19)29-36-31-23-15-7-8-16-24(23)32-37-30-22-14-6-5-13-21(22)28-35-26(18)38(25)33(39(27)29,40(28)30)41(31)32;3*1-7-5-8(2)11(9(3)6-7)12-10(4)13/h1-16H;3*5-6H,1-4H3,(H,12,13)/q+2;;;. The molecule has 0 unspecified atom stereocenters. The van der Waals surface area contributed by atoms with Crippen molar-refractivity contribution in [3.05, 3.63) is 217 Å². The zero-order valence-electron chi connectivity index (χ0n) is 47.0. The molecule has 3 N–H and O–H groups in total. The van der Waals surface area contributed by atoms with Crippen molar-refractivity contribution in [2.75, 3.05) is 16.0 Å². The summed E-state index contributed by atoms with van der Waals surface area (Å²) < 4.78 is 9.32. The molecule has 14 heteroatoms. The molecule has 6 aliphatic heterocycles. The largest absolute Gasteiger partial charge is 0.404 e. The first-order valence-electron chi connectivity index (χ1n) is 26.9. The SMILES string of the molecule is CC(=O)Nc1c(C)cc(C)cc1C.CC(=O)Nc1c(C)cc(C)cc1C.CC(=O)Nc1c(C)cc(C)cc1C.c1ccc2c(c1)C1=Nc3c4ccccc4c4n3C35n6c(c7ccccc7c6=NC6=[N+]3C(=N4)c3ccccc36)=NC2=[N+]15. The van der Waals surface area contributed by atoms with Crippen molar-refractivity contribution in [1.29, 1.82) is 0 Å². The molecular weight excluding hydrogens is 995 g/mol. The van der Waals surface area contributed by atoms with Gasteiger partial charge < -0.3 is 16.0 Å². The Balaban J connectivity index is 0.000000134. The number of hydrogen-bond donors (Lipinski definition) is 3. The lowest BCUT2D eigenvalue weighted by Gasteiger charge is -2.40. The van der Waals surface area contributed by atoms with Crippen molar-refractivity contribution in [1.82, 2.24) is 9.13 Å². The molecule has 3 amide bonds. The summed E-state index contributed by atoms with van der Waals surface area (Å²) in [4.78, 5) is 54.3. The molecule has 0 radical (unpaired) electrons. The average molecular weight is 1060 g/mol. The molecule has 6 aliphatic rings. The molecule has 7 aromatic carbocycles. The van der Waals surface area contributed by atoms with Gasteiger partial charge in [-0.2, -0.15) is 9.13 Å². The monoisotopic (exact) mass is 1060 g/mol. The van der Waals surface area contributed by atoms with Crippen molar-refractivity contribution >= 4 is 91.3 Å². The van der Waals surface area contributed by atoms with Gasteiger partial charge >= 0.3 is 5.91 Å². The van der Waals surface area contributed by atoms with E-state index in [1.807, 2.05) is 41.5 Å². The van der Waals surface area contributed by atoms with Crippen LogP contribution in [0.5, 0.6) is 0 Å². The number of aliphatic imine (C=N–C) groups is 2. The number of fused-ring (bicyclic) bond motifs is 12. The Kier molecular flexibility index (Phi) is 12.2. The van der Waals surface area contributed by atoms with Crippen LogP contribution >= 0.6 is 0 Å². The topological polar surface area (TPSA) is 153 Å². The van der Waals surface area contributed by atoms with Gasteiger partial charge in [-0.15, -0.1) is 9.15 Å². The highest BCUT2D eigenvalue weighted by molar-refractivity contribution is 6.20. The Hall–Kier alpha value is -9.69. The molecule has 80 heavy (non-hydrogen) atoms. The third-order valence-electron chi connectivity index (χ3n) is 15.3. The van der Waals surface area contributed by atoms with Gasteiger partial charge in [0.25, 0.3) is 23.3 Å². The molecule has 0 aliphatic carbocycles. The van der Waals surface area contributed by atoms with Gasteiger partial charge in [-0.25, -0.2) is 0 Å². The van der Waals surface area contributed by atoms with Gasteiger partial charge in [0.05, 0.1) is 22.3 Å². The van der Waals surface area contributed by atoms with E-state index in [2.05, 4.69) is 188 Å². The van der Waals surface area contributed by atoms with Gasteiger partial charge in [0.1, 0.15) is 0 Å². The molecule has 8 heterocycles. The number of benzene rings is 7. The van der Waals surface area contributed by atoms with Gasteiger partial charge in [-0.3, -0.25) is 14.4 Å². The normalized spacial score (nSPS) is 14.2. The number of carbonyl (C=O) groups excluding carboxylic acids is 3. The number of aryl methyl sites for hydroxylation is 9. The van der Waals surface area contributed by atoms with Crippen LogP contribution in [0.4, 0.5) is 28.7 Å². The molecule has 0 atom stereocenters. The predicted octanol–water partition coefficient (Wildman–Crippen LogP) is 11.4. The lowest BCUT2D eigenvalue weighted by Crippen LogP contribution is -2.71. The van der Waals surface area contributed by atoms with Crippen LogP contribution in [0.2, 0.25) is 0 Å². The first-order valence-corrected chi connectivity index (χ1v) is 26.9. The Morgan fingerprint density at radius 2 is 0.675 bits per heavy atom. The zero-order valence-corrected chi connectivity index (χ0v) is 47.0. The van der Waals surface area contributed by atoms with Crippen molar-refractivity contribution in [3.8, 4) is 0 Å². The van der Waals surface area contributed by atoms with E-state index in [9.17, 15) is 14.4 Å². The maximum Gasteiger partial charge on any atom is 0.404 e.